The molecule has 1 aliphatic heterocycles. The number of ether oxygens (including phenoxy) is 1. The molecule has 1 fully saturated rings. The minimum absolute atomic E-state index is 0.0477. The molecule has 1 aliphatic rings. The van der Waals surface area contributed by atoms with Crippen molar-refractivity contribution >= 4 is 22.9 Å². The molecular formula is C22H30N8O2. The molecule has 3 aromatic heterocycles. The van der Waals surface area contributed by atoms with Gasteiger partial charge in [0.2, 0.25) is 5.91 Å². The van der Waals surface area contributed by atoms with Crippen LogP contribution in [-0.4, -0.2) is 72.1 Å². The average molecular weight is 439 g/mol. The molecule has 0 spiro atoms. The standard InChI is InChI=1S/C22H30N8O2/c1-6-30-20(17-8-23-16(5)24-9-17)28-18-19(26-12-27-21(18)30)25-7-13(2)22(31)29-10-14(3)32-15(4)11-29/h8-9,12-15H,6-7,10-11H2,1-5H3,(H,25,26,27)/t13?,14-,15+. The van der Waals surface area contributed by atoms with Gasteiger partial charge in [0.05, 0.1) is 23.7 Å². The molecule has 0 aliphatic carbocycles. The SMILES string of the molecule is CCn1c(-c2cnc(C)nc2)nc2c(NCC(C)C(=O)N3C[C@@H](C)O[C@@H](C)C3)ncnc21. The minimum Gasteiger partial charge on any atom is -0.372 e. The topological polar surface area (TPSA) is 111 Å². The zero-order chi connectivity index (χ0) is 22.8. The van der Waals surface area contributed by atoms with Crippen molar-refractivity contribution in [3.63, 3.8) is 0 Å². The minimum atomic E-state index is -0.212. The Balaban J connectivity index is 1.54. The van der Waals surface area contributed by atoms with Crippen LogP contribution in [0.5, 0.6) is 0 Å². The first-order valence-electron chi connectivity index (χ1n) is 11.1. The van der Waals surface area contributed by atoms with Gasteiger partial charge in [0.1, 0.15) is 18.0 Å². The largest absolute Gasteiger partial charge is 0.372 e. The molecule has 4 rings (SSSR count). The van der Waals surface area contributed by atoms with Gasteiger partial charge in [0.25, 0.3) is 0 Å². The molecule has 10 heteroatoms. The average Bonchev–Trinajstić information content (AvgIpc) is 3.16. The van der Waals surface area contributed by atoms with Crippen LogP contribution in [0.25, 0.3) is 22.6 Å². The lowest BCUT2D eigenvalue weighted by atomic mass is 10.1. The molecule has 10 nitrogen and oxygen atoms in total. The van der Waals surface area contributed by atoms with Crippen molar-refractivity contribution in [2.45, 2.75) is 53.4 Å². The second-order valence-corrected chi connectivity index (χ2v) is 8.38. The van der Waals surface area contributed by atoms with Crippen LogP contribution in [0.3, 0.4) is 0 Å². The number of amides is 1. The Morgan fingerprint density at radius 2 is 1.88 bits per heavy atom. The van der Waals surface area contributed by atoms with Crippen molar-refractivity contribution in [3.05, 3.63) is 24.5 Å². The number of morpholine rings is 1. The van der Waals surface area contributed by atoms with E-state index in [2.05, 4.69) is 25.3 Å². The number of rotatable bonds is 6. The summed E-state index contributed by atoms with van der Waals surface area (Å²) < 4.78 is 7.76. The lowest BCUT2D eigenvalue weighted by Crippen LogP contribution is -2.50. The number of hydrogen-bond donors (Lipinski definition) is 1. The molecule has 3 atom stereocenters. The van der Waals surface area contributed by atoms with E-state index in [-0.39, 0.29) is 24.0 Å². The third-order valence-corrected chi connectivity index (χ3v) is 5.62. The van der Waals surface area contributed by atoms with E-state index in [0.29, 0.717) is 43.3 Å². The van der Waals surface area contributed by atoms with Gasteiger partial charge in [-0.15, -0.1) is 0 Å². The number of carbonyl (C=O) groups excluding carboxylic acids is 1. The van der Waals surface area contributed by atoms with Crippen molar-refractivity contribution in [1.82, 2.24) is 34.4 Å². The van der Waals surface area contributed by atoms with Gasteiger partial charge < -0.3 is 19.5 Å². The Morgan fingerprint density at radius 3 is 2.53 bits per heavy atom. The van der Waals surface area contributed by atoms with E-state index < -0.39 is 0 Å². The monoisotopic (exact) mass is 438 g/mol. The summed E-state index contributed by atoms with van der Waals surface area (Å²) in [6, 6.07) is 0. The van der Waals surface area contributed by atoms with Crippen molar-refractivity contribution in [1.29, 1.82) is 0 Å². The first-order valence-corrected chi connectivity index (χ1v) is 11.1. The molecule has 1 saturated heterocycles. The van der Waals surface area contributed by atoms with Crippen molar-refractivity contribution in [2.75, 3.05) is 25.0 Å². The summed E-state index contributed by atoms with van der Waals surface area (Å²) in [4.78, 5) is 37.1. The van der Waals surface area contributed by atoms with Crippen molar-refractivity contribution < 1.29 is 9.53 Å². The molecule has 32 heavy (non-hydrogen) atoms. The molecule has 1 amide bonds. The molecule has 1 N–H and O–H groups in total. The third kappa shape index (κ3) is 4.40. The molecular weight excluding hydrogens is 408 g/mol. The molecule has 3 aromatic rings. The van der Waals surface area contributed by atoms with Crippen LogP contribution in [0.1, 0.15) is 33.5 Å². The summed E-state index contributed by atoms with van der Waals surface area (Å²) in [6.45, 7) is 12.2. The number of aromatic nitrogens is 6. The van der Waals surface area contributed by atoms with Gasteiger partial charge in [-0.05, 0) is 27.7 Å². The second-order valence-electron chi connectivity index (χ2n) is 8.38. The Hall–Kier alpha value is -3.14. The maximum absolute atomic E-state index is 13.0. The summed E-state index contributed by atoms with van der Waals surface area (Å²) in [5.74, 6) is 1.96. The number of hydrogen-bond acceptors (Lipinski definition) is 8. The lowest BCUT2D eigenvalue weighted by Gasteiger charge is -2.36. The first-order chi connectivity index (χ1) is 15.4. The summed E-state index contributed by atoms with van der Waals surface area (Å²) >= 11 is 0. The number of nitrogens with zero attached hydrogens (tertiary/aromatic N) is 7. The third-order valence-electron chi connectivity index (χ3n) is 5.62. The quantitative estimate of drug-likeness (QED) is 0.624. The normalized spacial score (nSPS) is 19.8. The van der Waals surface area contributed by atoms with Gasteiger partial charge in [-0.3, -0.25) is 4.79 Å². The Kier molecular flexibility index (Phi) is 6.31. The molecule has 1 unspecified atom stereocenters. The maximum atomic E-state index is 13.0. The van der Waals surface area contributed by atoms with Gasteiger partial charge in [-0.25, -0.2) is 24.9 Å². The highest BCUT2D eigenvalue weighted by Gasteiger charge is 2.29. The number of aryl methyl sites for hydroxylation is 2. The zero-order valence-electron chi connectivity index (χ0n) is 19.2. The highest BCUT2D eigenvalue weighted by Crippen LogP contribution is 2.26. The zero-order valence-corrected chi connectivity index (χ0v) is 19.2. The van der Waals surface area contributed by atoms with Gasteiger partial charge in [-0.2, -0.15) is 0 Å². The second kappa shape index (κ2) is 9.15. The van der Waals surface area contributed by atoms with E-state index in [4.69, 9.17) is 9.72 Å². The fourth-order valence-electron chi connectivity index (χ4n) is 4.10. The van der Waals surface area contributed by atoms with Crippen LogP contribution in [0, 0.1) is 12.8 Å². The van der Waals surface area contributed by atoms with Crippen LogP contribution in [-0.2, 0) is 16.1 Å². The van der Waals surface area contributed by atoms with E-state index in [1.807, 2.05) is 44.1 Å². The van der Waals surface area contributed by atoms with E-state index in [1.54, 1.807) is 12.4 Å². The van der Waals surface area contributed by atoms with Crippen molar-refractivity contribution in [3.8, 4) is 11.4 Å². The Labute approximate surface area is 187 Å². The molecule has 4 heterocycles. The number of nitrogens with one attached hydrogen (secondary N) is 1. The molecule has 0 radical (unpaired) electrons. The van der Waals surface area contributed by atoms with Gasteiger partial charge in [-0.1, -0.05) is 6.92 Å². The van der Waals surface area contributed by atoms with E-state index in [1.165, 1.54) is 6.33 Å². The van der Waals surface area contributed by atoms with E-state index in [9.17, 15) is 4.79 Å². The van der Waals surface area contributed by atoms with Crippen LogP contribution in [0.15, 0.2) is 18.7 Å². The smallest absolute Gasteiger partial charge is 0.227 e. The van der Waals surface area contributed by atoms with Gasteiger partial charge in [0.15, 0.2) is 17.0 Å². The van der Waals surface area contributed by atoms with Crippen LogP contribution in [0.2, 0.25) is 0 Å². The molecule has 0 saturated carbocycles. The summed E-state index contributed by atoms with van der Waals surface area (Å²) in [7, 11) is 0. The predicted molar refractivity (Wildman–Crippen MR) is 121 cm³/mol. The van der Waals surface area contributed by atoms with Crippen LogP contribution >= 0.6 is 0 Å². The molecule has 0 bridgehead atoms. The fourth-order valence-corrected chi connectivity index (χ4v) is 4.10. The predicted octanol–water partition coefficient (Wildman–Crippen LogP) is 2.30. The summed E-state index contributed by atoms with van der Waals surface area (Å²) in [6.07, 6.45) is 5.15. The maximum Gasteiger partial charge on any atom is 0.227 e. The van der Waals surface area contributed by atoms with E-state index in [0.717, 1.165) is 17.0 Å². The van der Waals surface area contributed by atoms with Gasteiger partial charge in [0, 0.05) is 38.6 Å². The Morgan fingerprint density at radius 1 is 1.19 bits per heavy atom. The molecule has 170 valence electrons. The van der Waals surface area contributed by atoms with E-state index >= 15 is 0 Å². The number of carbonyl (C=O) groups is 1. The first kappa shape index (κ1) is 22.1. The highest BCUT2D eigenvalue weighted by atomic mass is 16.5. The highest BCUT2D eigenvalue weighted by molar-refractivity contribution is 5.86. The number of imidazole rings is 1. The lowest BCUT2D eigenvalue weighted by molar-refractivity contribution is -0.146. The number of fused-ring (bicyclic) bond motifs is 1. The Bertz CT molecular complexity index is 1090. The van der Waals surface area contributed by atoms with Gasteiger partial charge >= 0.3 is 0 Å². The summed E-state index contributed by atoms with van der Waals surface area (Å²) in [5, 5.41) is 3.32. The fraction of sp³-hybridized carbons (Fsp3) is 0.545. The van der Waals surface area contributed by atoms with Crippen LogP contribution in [0.4, 0.5) is 5.82 Å². The summed E-state index contributed by atoms with van der Waals surface area (Å²) in [5.41, 5.74) is 2.22. The number of anilines is 1. The molecule has 0 aromatic carbocycles. The van der Waals surface area contributed by atoms with Crippen molar-refractivity contribution in [2.24, 2.45) is 5.92 Å². The van der Waals surface area contributed by atoms with Crippen LogP contribution < -0.4 is 5.32 Å².